The molecule has 0 aliphatic carbocycles. The van der Waals surface area contributed by atoms with Crippen LogP contribution in [0.3, 0.4) is 0 Å². The fourth-order valence-corrected chi connectivity index (χ4v) is 3.87. The van der Waals surface area contributed by atoms with Crippen LogP contribution < -0.4 is 10.2 Å². The first-order chi connectivity index (χ1) is 16.0. The largest absolute Gasteiger partial charge is 0.497 e. The minimum atomic E-state index is -0.604. The van der Waals surface area contributed by atoms with Crippen LogP contribution in [0.25, 0.3) is 11.6 Å². The van der Waals surface area contributed by atoms with Crippen LogP contribution in [-0.2, 0) is 17.8 Å². The molecular formula is C26H23FN2O4. The van der Waals surface area contributed by atoms with E-state index in [2.05, 4.69) is 0 Å². The molecule has 0 saturated heterocycles. The molecule has 33 heavy (non-hydrogen) atoms. The van der Waals surface area contributed by atoms with Crippen LogP contribution in [0.2, 0.25) is 0 Å². The van der Waals surface area contributed by atoms with Gasteiger partial charge in [-0.3, -0.25) is 14.8 Å². The smallest absolute Gasteiger partial charge is 0.274 e. The third kappa shape index (κ3) is 4.94. The predicted octanol–water partition coefficient (Wildman–Crippen LogP) is 4.08. The molecule has 3 aromatic rings. The van der Waals surface area contributed by atoms with Gasteiger partial charge in [-0.25, -0.2) is 9.87 Å². The normalized spacial score (nSPS) is 13.3. The quantitative estimate of drug-likeness (QED) is 0.268. The van der Waals surface area contributed by atoms with E-state index in [1.807, 2.05) is 30.3 Å². The van der Waals surface area contributed by atoms with Gasteiger partial charge in [0.2, 0.25) is 0 Å². The van der Waals surface area contributed by atoms with Crippen LogP contribution in [-0.4, -0.2) is 35.6 Å². The first-order valence-electron chi connectivity index (χ1n) is 10.5. The van der Waals surface area contributed by atoms with Crippen LogP contribution in [0.15, 0.2) is 66.7 Å². The minimum Gasteiger partial charge on any atom is -0.497 e. The highest BCUT2D eigenvalue weighted by atomic mass is 19.1. The highest BCUT2D eigenvalue weighted by Crippen LogP contribution is 2.27. The second-order valence-electron chi connectivity index (χ2n) is 7.74. The van der Waals surface area contributed by atoms with Gasteiger partial charge in [-0.1, -0.05) is 30.3 Å². The molecule has 6 nitrogen and oxygen atoms in total. The van der Waals surface area contributed by atoms with Crippen molar-refractivity contribution in [3.8, 4) is 5.75 Å². The molecule has 7 heteroatoms. The van der Waals surface area contributed by atoms with Crippen molar-refractivity contribution in [2.24, 2.45) is 0 Å². The van der Waals surface area contributed by atoms with Crippen molar-refractivity contribution in [2.45, 2.75) is 13.0 Å². The number of nitrogens with one attached hydrogen (secondary N) is 1. The number of nitrogens with zero attached hydrogens (tertiary/aromatic N) is 1. The van der Waals surface area contributed by atoms with Crippen LogP contribution in [0.1, 0.15) is 32.6 Å². The van der Waals surface area contributed by atoms with Crippen LogP contribution >= 0.6 is 0 Å². The van der Waals surface area contributed by atoms with Crippen LogP contribution in [0.4, 0.5) is 4.39 Å². The van der Waals surface area contributed by atoms with Gasteiger partial charge in [0, 0.05) is 24.2 Å². The van der Waals surface area contributed by atoms with Crippen LogP contribution in [0, 0.1) is 5.82 Å². The summed E-state index contributed by atoms with van der Waals surface area (Å²) in [5.41, 5.74) is 5.70. The Morgan fingerprint density at radius 3 is 2.36 bits per heavy atom. The van der Waals surface area contributed by atoms with E-state index in [9.17, 15) is 14.0 Å². The zero-order valence-electron chi connectivity index (χ0n) is 18.0. The summed E-state index contributed by atoms with van der Waals surface area (Å²) in [7, 11) is 1.59. The standard InChI is InChI=1S/C26H23FN2O4/c1-33-23-10-2-17(3-11-23)14-24(19-6-8-22(27)9-7-19)26(31)29-13-12-18-4-5-20(25(30)28-32)15-21(18)16-29/h2-11,14-15,32H,12-13,16H2,1H3,(H,28,30)/b24-14+. The zero-order chi connectivity index (χ0) is 23.4. The van der Waals surface area contributed by atoms with Crippen molar-refractivity contribution >= 4 is 23.5 Å². The average molecular weight is 446 g/mol. The fraction of sp³-hybridized carbons (Fsp3) is 0.154. The molecule has 168 valence electrons. The molecule has 0 atom stereocenters. The van der Waals surface area contributed by atoms with Crippen molar-refractivity contribution in [2.75, 3.05) is 13.7 Å². The lowest BCUT2D eigenvalue weighted by Gasteiger charge is -2.30. The molecule has 1 aliphatic rings. The van der Waals surface area contributed by atoms with Crippen molar-refractivity contribution < 1.29 is 23.9 Å². The molecule has 0 aromatic heterocycles. The van der Waals surface area contributed by atoms with Gasteiger partial charge in [0.25, 0.3) is 11.8 Å². The average Bonchev–Trinajstić information content (AvgIpc) is 2.86. The molecule has 0 radical (unpaired) electrons. The van der Waals surface area contributed by atoms with Gasteiger partial charge in [0.05, 0.1) is 7.11 Å². The van der Waals surface area contributed by atoms with Crippen molar-refractivity contribution in [3.63, 3.8) is 0 Å². The number of benzene rings is 3. The summed E-state index contributed by atoms with van der Waals surface area (Å²) < 4.78 is 18.7. The molecule has 2 amide bonds. The summed E-state index contributed by atoms with van der Waals surface area (Å²) in [5, 5.41) is 8.92. The van der Waals surface area contributed by atoms with Gasteiger partial charge in [-0.15, -0.1) is 0 Å². The first kappa shape index (κ1) is 22.2. The number of rotatable bonds is 5. The summed E-state index contributed by atoms with van der Waals surface area (Å²) in [5.74, 6) is -0.471. The topological polar surface area (TPSA) is 78.9 Å². The van der Waals surface area contributed by atoms with Gasteiger partial charge in [-0.05, 0) is 71.1 Å². The number of methoxy groups -OCH3 is 1. The Morgan fingerprint density at radius 1 is 1.00 bits per heavy atom. The number of hydrogen-bond acceptors (Lipinski definition) is 4. The molecule has 0 bridgehead atoms. The molecule has 0 spiro atoms. The van der Waals surface area contributed by atoms with E-state index in [-0.39, 0.29) is 11.7 Å². The van der Waals surface area contributed by atoms with E-state index < -0.39 is 5.91 Å². The maximum Gasteiger partial charge on any atom is 0.274 e. The van der Waals surface area contributed by atoms with Gasteiger partial charge in [0.1, 0.15) is 11.6 Å². The van der Waals surface area contributed by atoms with Gasteiger partial charge >= 0.3 is 0 Å². The Labute approximate surface area is 190 Å². The SMILES string of the molecule is COc1ccc(/C=C(/C(=O)N2CCc3ccc(C(=O)NO)cc3C2)c2ccc(F)cc2)cc1. The molecule has 0 unspecified atom stereocenters. The second-order valence-corrected chi connectivity index (χ2v) is 7.74. The Morgan fingerprint density at radius 2 is 1.70 bits per heavy atom. The molecule has 0 saturated carbocycles. The number of carbonyl (C=O) groups is 2. The molecular weight excluding hydrogens is 423 g/mol. The lowest BCUT2D eigenvalue weighted by molar-refractivity contribution is -0.125. The molecule has 1 heterocycles. The van der Waals surface area contributed by atoms with Crippen LogP contribution in [0.5, 0.6) is 5.75 Å². The molecule has 1 aliphatic heterocycles. The maximum absolute atomic E-state index is 13.6. The van der Waals surface area contributed by atoms with E-state index in [1.165, 1.54) is 12.1 Å². The third-order valence-electron chi connectivity index (χ3n) is 5.68. The lowest BCUT2D eigenvalue weighted by Crippen LogP contribution is -2.36. The summed E-state index contributed by atoms with van der Waals surface area (Å²) in [4.78, 5) is 27.1. The van der Waals surface area contributed by atoms with Crippen molar-refractivity contribution in [1.29, 1.82) is 0 Å². The number of hydroxylamine groups is 1. The van der Waals surface area contributed by atoms with Gasteiger partial charge in [-0.2, -0.15) is 0 Å². The number of carbonyl (C=O) groups excluding carboxylic acids is 2. The molecule has 2 N–H and O–H groups in total. The number of halogens is 1. The maximum atomic E-state index is 13.6. The zero-order valence-corrected chi connectivity index (χ0v) is 18.0. The minimum absolute atomic E-state index is 0.194. The highest BCUT2D eigenvalue weighted by molar-refractivity contribution is 6.24. The first-order valence-corrected chi connectivity index (χ1v) is 10.5. The van der Waals surface area contributed by atoms with Gasteiger partial charge in [0.15, 0.2) is 0 Å². The Hall–Kier alpha value is -3.97. The Bertz CT molecular complexity index is 1200. The Balaban J connectivity index is 1.67. The number of ether oxygens (including phenoxy) is 1. The summed E-state index contributed by atoms with van der Waals surface area (Å²) in [6.07, 6.45) is 2.42. The number of hydrogen-bond donors (Lipinski definition) is 2. The number of amides is 2. The van der Waals surface area contributed by atoms with E-state index in [1.54, 1.807) is 47.8 Å². The monoisotopic (exact) mass is 446 g/mol. The summed E-state index contributed by atoms with van der Waals surface area (Å²) >= 11 is 0. The van der Waals surface area contributed by atoms with E-state index in [0.717, 1.165) is 16.7 Å². The fourth-order valence-electron chi connectivity index (χ4n) is 3.87. The highest BCUT2D eigenvalue weighted by Gasteiger charge is 2.25. The Kier molecular flexibility index (Phi) is 6.51. The summed E-state index contributed by atoms with van der Waals surface area (Å²) in [6.45, 7) is 0.834. The van der Waals surface area contributed by atoms with E-state index in [0.29, 0.717) is 42.0 Å². The van der Waals surface area contributed by atoms with Crippen molar-refractivity contribution in [3.05, 3.63) is 100 Å². The summed E-state index contributed by atoms with van der Waals surface area (Å²) in [6, 6.07) is 18.3. The third-order valence-corrected chi connectivity index (χ3v) is 5.68. The second kappa shape index (κ2) is 9.67. The van der Waals surface area contributed by atoms with Crippen molar-refractivity contribution in [1.82, 2.24) is 10.4 Å². The molecule has 4 rings (SSSR count). The molecule has 0 fully saturated rings. The predicted molar refractivity (Wildman–Crippen MR) is 122 cm³/mol. The van der Waals surface area contributed by atoms with E-state index >= 15 is 0 Å². The van der Waals surface area contributed by atoms with Gasteiger partial charge < -0.3 is 9.64 Å². The van der Waals surface area contributed by atoms with E-state index in [4.69, 9.17) is 9.94 Å². The lowest BCUT2D eigenvalue weighted by atomic mass is 9.95. The molecule has 3 aromatic carbocycles. The number of fused-ring (bicyclic) bond motifs is 1.